The van der Waals surface area contributed by atoms with Gasteiger partial charge >= 0.3 is 0 Å². The van der Waals surface area contributed by atoms with Crippen molar-refractivity contribution in [2.75, 3.05) is 0 Å². The van der Waals surface area contributed by atoms with Gasteiger partial charge in [0.25, 0.3) is 0 Å². The van der Waals surface area contributed by atoms with E-state index in [9.17, 15) is 5.11 Å². The minimum Gasteiger partial charge on any atom is -0.392 e. The highest BCUT2D eigenvalue weighted by Gasteiger charge is 2.17. The topological polar surface area (TPSA) is 20.2 Å². The molecule has 1 rings (SSSR count). The van der Waals surface area contributed by atoms with Gasteiger partial charge in [-0.3, -0.25) is 0 Å². The van der Waals surface area contributed by atoms with Gasteiger partial charge in [-0.1, -0.05) is 52.0 Å². The van der Waals surface area contributed by atoms with Gasteiger partial charge in [-0.05, 0) is 35.8 Å². The fourth-order valence-electron chi connectivity index (χ4n) is 1.78. The Morgan fingerprint density at radius 3 is 1.94 bits per heavy atom. The minimum atomic E-state index is -0.229. The summed E-state index contributed by atoms with van der Waals surface area (Å²) in [7, 11) is 0. The molecule has 0 amide bonds. The van der Waals surface area contributed by atoms with Gasteiger partial charge in [0.1, 0.15) is 0 Å². The van der Waals surface area contributed by atoms with Crippen LogP contribution >= 0.6 is 0 Å². The second-order valence-corrected chi connectivity index (χ2v) is 5.04. The Bertz CT molecular complexity index is 300. The molecule has 0 heterocycles. The summed E-state index contributed by atoms with van der Waals surface area (Å²) in [6.07, 6.45) is 1.61. The molecule has 90 valence electrons. The lowest BCUT2D eigenvalue weighted by molar-refractivity contribution is 0.0921. The van der Waals surface area contributed by atoms with Gasteiger partial charge in [0.05, 0.1) is 6.10 Å². The third-order valence-corrected chi connectivity index (χ3v) is 3.53. The van der Waals surface area contributed by atoms with Crippen molar-refractivity contribution in [3.8, 4) is 0 Å². The van der Waals surface area contributed by atoms with E-state index in [0.717, 1.165) is 12.8 Å². The Balaban J connectivity index is 2.59. The summed E-state index contributed by atoms with van der Waals surface area (Å²) in [4.78, 5) is 0. The Kier molecular flexibility index (Phi) is 5.01. The van der Waals surface area contributed by atoms with Crippen LogP contribution in [0.4, 0.5) is 0 Å². The molecule has 1 heteroatoms. The van der Waals surface area contributed by atoms with Crippen LogP contribution in [0.1, 0.15) is 38.8 Å². The maximum Gasteiger partial charge on any atom is 0.0608 e. The van der Waals surface area contributed by atoms with Crippen molar-refractivity contribution in [1.82, 2.24) is 0 Å². The molecule has 0 saturated heterocycles. The lowest BCUT2D eigenvalue weighted by Crippen LogP contribution is -2.24. The number of rotatable bonds is 5. The SMILES string of the molecule is CCc1ccc(CC(O)C(C)C(C)C)cc1. The molecule has 1 N–H and O–H groups in total. The standard InChI is InChI=1S/C15H24O/c1-5-13-6-8-14(9-7-13)10-15(16)12(4)11(2)3/h6-9,11-12,15-16H,5,10H2,1-4H3. The van der Waals surface area contributed by atoms with Gasteiger partial charge in [0, 0.05) is 0 Å². The van der Waals surface area contributed by atoms with E-state index in [-0.39, 0.29) is 6.10 Å². The first-order valence-corrected chi connectivity index (χ1v) is 6.30. The lowest BCUT2D eigenvalue weighted by atomic mass is 9.88. The smallest absolute Gasteiger partial charge is 0.0608 e. The zero-order valence-electron chi connectivity index (χ0n) is 10.9. The summed E-state index contributed by atoms with van der Waals surface area (Å²) < 4.78 is 0. The van der Waals surface area contributed by atoms with Gasteiger partial charge in [0.15, 0.2) is 0 Å². The zero-order valence-corrected chi connectivity index (χ0v) is 10.9. The zero-order chi connectivity index (χ0) is 12.1. The van der Waals surface area contributed by atoms with E-state index in [1.54, 1.807) is 0 Å². The van der Waals surface area contributed by atoms with Crippen LogP contribution in [0.2, 0.25) is 0 Å². The summed E-state index contributed by atoms with van der Waals surface area (Å²) in [5.74, 6) is 0.885. The third kappa shape index (κ3) is 3.64. The Morgan fingerprint density at radius 1 is 1.00 bits per heavy atom. The van der Waals surface area contributed by atoms with Crippen LogP contribution in [0, 0.1) is 11.8 Å². The highest BCUT2D eigenvalue weighted by atomic mass is 16.3. The molecular weight excluding hydrogens is 196 g/mol. The van der Waals surface area contributed by atoms with Crippen LogP contribution in [0.3, 0.4) is 0 Å². The maximum absolute atomic E-state index is 10.1. The van der Waals surface area contributed by atoms with Crippen molar-refractivity contribution in [3.05, 3.63) is 35.4 Å². The molecule has 0 saturated carbocycles. The van der Waals surface area contributed by atoms with E-state index in [2.05, 4.69) is 52.0 Å². The largest absolute Gasteiger partial charge is 0.392 e. The van der Waals surface area contributed by atoms with E-state index in [1.807, 2.05) is 0 Å². The average Bonchev–Trinajstić information content (AvgIpc) is 2.28. The average molecular weight is 220 g/mol. The number of aryl methyl sites for hydroxylation is 1. The van der Waals surface area contributed by atoms with Crippen LogP contribution in [0.5, 0.6) is 0 Å². The molecule has 0 aliphatic carbocycles. The first-order valence-electron chi connectivity index (χ1n) is 6.30. The lowest BCUT2D eigenvalue weighted by Gasteiger charge is -2.22. The molecule has 0 spiro atoms. The van der Waals surface area contributed by atoms with Crippen molar-refractivity contribution in [2.24, 2.45) is 11.8 Å². The molecule has 1 nitrogen and oxygen atoms in total. The molecule has 0 aliphatic rings. The van der Waals surface area contributed by atoms with Gasteiger partial charge in [0.2, 0.25) is 0 Å². The van der Waals surface area contributed by atoms with E-state index >= 15 is 0 Å². The molecule has 0 radical (unpaired) electrons. The van der Waals surface area contributed by atoms with Crippen molar-refractivity contribution in [2.45, 2.75) is 46.6 Å². The van der Waals surface area contributed by atoms with E-state index < -0.39 is 0 Å². The van der Waals surface area contributed by atoms with Crippen LogP contribution in [0.15, 0.2) is 24.3 Å². The monoisotopic (exact) mass is 220 g/mol. The van der Waals surface area contributed by atoms with Crippen molar-refractivity contribution >= 4 is 0 Å². The summed E-state index contributed by atoms with van der Waals surface area (Å²) in [6.45, 7) is 8.60. The predicted octanol–water partition coefficient (Wildman–Crippen LogP) is 3.44. The number of aliphatic hydroxyl groups excluding tert-OH is 1. The number of hydrogen-bond acceptors (Lipinski definition) is 1. The second kappa shape index (κ2) is 6.05. The number of aliphatic hydroxyl groups is 1. The molecule has 0 bridgehead atoms. The molecule has 2 atom stereocenters. The summed E-state index contributed by atoms with van der Waals surface area (Å²) >= 11 is 0. The van der Waals surface area contributed by atoms with Gasteiger partial charge in [-0.2, -0.15) is 0 Å². The molecule has 1 aromatic rings. The van der Waals surface area contributed by atoms with Crippen LogP contribution in [-0.4, -0.2) is 11.2 Å². The summed E-state index contributed by atoms with van der Waals surface area (Å²) in [5, 5.41) is 10.1. The minimum absolute atomic E-state index is 0.229. The molecule has 16 heavy (non-hydrogen) atoms. The Hall–Kier alpha value is -0.820. The second-order valence-electron chi connectivity index (χ2n) is 5.04. The predicted molar refractivity (Wildman–Crippen MR) is 69.5 cm³/mol. The van der Waals surface area contributed by atoms with Crippen molar-refractivity contribution < 1.29 is 5.11 Å². The Labute approximate surface area is 99.5 Å². The van der Waals surface area contributed by atoms with Gasteiger partial charge in [-0.25, -0.2) is 0 Å². The van der Waals surface area contributed by atoms with Crippen molar-refractivity contribution in [3.63, 3.8) is 0 Å². The van der Waals surface area contributed by atoms with Gasteiger partial charge in [-0.15, -0.1) is 0 Å². The number of hydrogen-bond donors (Lipinski definition) is 1. The van der Waals surface area contributed by atoms with E-state index in [0.29, 0.717) is 11.8 Å². The highest BCUT2D eigenvalue weighted by Crippen LogP contribution is 2.18. The first kappa shape index (κ1) is 13.2. The maximum atomic E-state index is 10.1. The van der Waals surface area contributed by atoms with Crippen LogP contribution in [-0.2, 0) is 12.8 Å². The van der Waals surface area contributed by atoms with E-state index in [1.165, 1.54) is 11.1 Å². The first-order chi connectivity index (χ1) is 7.54. The molecule has 0 fully saturated rings. The normalized spacial score (nSPS) is 15.1. The Morgan fingerprint density at radius 2 is 1.50 bits per heavy atom. The van der Waals surface area contributed by atoms with Crippen LogP contribution in [0.25, 0.3) is 0 Å². The van der Waals surface area contributed by atoms with Crippen molar-refractivity contribution in [1.29, 1.82) is 0 Å². The van der Waals surface area contributed by atoms with E-state index in [4.69, 9.17) is 0 Å². The molecule has 2 unspecified atom stereocenters. The fraction of sp³-hybridized carbons (Fsp3) is 0.600. The summed E-state index contributed by atoms with van der Waals surface area (Å²) in [6, 6.07) is 8.58. The summed E-state index contributed by atoms with van der Waals surface area (Å²) in [5.41, 5.74) is 2.59. The molecule has 1 aromatic carbocycles. The number of benzene rings is 1. The highest BCUT2D eigenvalue weighted by molar-refractivity contribution is 5.23. The van der Waals surface area contributed by atoms with Gasteiger partial charge < -0.3 is 5.11 Å². The molecule has 0 aliphatic heterocycles. The quantitative estimate of drug-likeness (QED) is 0.806. The van der Waals surface area contributed by atoms with Crippen LogP contribution < -0.4 is 0 Å². The molecule has 0 aromatic heterocycles. The third-order valence-electron chi connectivity index (χ3n) is 3.53. The molecular formula is C15H24O. The fourth-order valence-corrected chi connectivity index (χ4v) is 1.78.